The van der Waals surface area contributed by atoms with Gasteiger partial charge in [0, 0.05) is 25.7 Å². The van der Waals surface area contributed by atoms with Crippen LogP contribution >= 0.6 is 15.6 Å². The van der Waals surface area contributed by atoms with Crippen molar-refractivity contribution in [2.45, 2.75) is 369 Å². The van der Waals surface area contributed by atoms with Crippen LogP contribution in [0.2, 0.25) is 0 Å². The third-order valence-electron chi connectivity index (χ3n) is 17.0. The van der Waals surface area contributed by atoms with Gasteiger partial charge in [-0.25, -0.2) is 9.13 Å². The second-order valence-corrected chi connectivity index (χ2v) is 30.0. The Morgan fingerprint density at radius 1 is 0.311 bits per heavy atom. The van der Waals surface area contributed by atoms with Gasteiger partial charge in [0.15, 0.2) is 12.2 Å². The van der Waals surface area contributed by atoms with Gasteiger partial charge in [-0.05, 0) is 49.4 Å². The van der Waals surface area contributed by atoms with Crippen LogP contribution in [0.3, 0.4) is 0 Å². The van der Waals surface area contributed by atoms with E-state index < -0.39 is 97.5 Å². The molecule has 0 fully saturated rings. The lowest BCUT2D eigenvalue weighted by atomic mass is 9.99. The summed E-state index contributed by atoms with van der Waals surface area (Å²) >= 11 is 0. The molecule has 0 saturated heterocycles. The fraction of sp³-hybridized carbons (Fsp3) is 0.944. The van der Waals surface area contributed by atoms with E-state index in [4.69, 9.17) is 37.0 Å². The number of rotatable bonds is 68. The monoisotopic (exact) mass is 1320 g/mol. The van der Waals surface area contributed by atoms with Crippen molar-refractivity contribution in [3.8, 4) is 0 Å². The largest absolute Gasteiger partial charge is 0.472 e. The minimum absolute atomic E-state index is 0.101. The minimum atomic E-state index is -4.95. The number of hydrogen-bond acceptors (Lipinski definition) is 15. The van der Waals surface area contributed by atoms with E-state index in [0.29, 0.717) is 37.5 Å². The van der Waals surface area contributed by atoms with E-state index in [9.17, 15) is 43.2 Å². The SMILES string of the molecule is CCC(C)CCCCCCCCCCCCCCCCC(=O)OC[C@H](COP(=O)(O)OC[C@@H](O)COP(=O)(O)OC[C@@H](COC(=O)CCCCCCCCC(C)C)OC(=O)CCCCCCCCC(C)C)OC(=O)CCCCCCCCCCCCC(C)CC. The Bertz CT molecular complexity index is 1790. The van der Waals surface area contributed by atoms with E-state index in [2.05, 4.69) is 55.4 Å². The van der Waals surface area contributed by atoms with E-state index in [1.54, 1.807) is 0 Å². The summed E-state index contributed by atoms with van der Waals surface area (Å²) in [6.45, 7) is 14.1. The van der Waals surface area contributed by atoms with Crippen LogP contribution in [0, 0.1) is 23.7 Å². The van der Waals surface area contributed by atoms with Gasteiger partial charge in [-0.1, -0.05) is 299 Å². The maximum Gasteiger partial charge on any atom is 0.472 e. The molecule has 90 heavy (non-hydrogen) atoms. The average molecular weight is 1330 g/mol. The Morgan fingerprint density at radius 3 is 0.789 bits per heavy atom. The Balaban J connectivity index is 5.21. The summed E-state index contributed by atoms with van der Waals surface area (Å²) in [7, 11) is -9.90. The molecule has 0 spiro atoms. The van der Waals surface area contributed by atoms with Crippen molar-refractivity contribution in [2.75, 3.05) is 39.6 Å². The lowest BCUT2D eigenvalue weighted by molar-refractivity contribution is -0.161. The molecule has 534 valence electrons. The molecule has 4 unspecified atom stereocenters. The van der Waals surface area contributed by atoms with E-state index in [1.807, 2.05) is 0 Å². The maximum absolute atomic E-state index is 13.0. The van der Waals surface area contributed by atoms with E-state index >= 15 is 0 Å². The first-order chi connectivity index (χ1) is 43.2. The van der Waals surface area contributed by atoms with Crippen LogP contribution in [-0.2, 0) is 65.4 Å². The first-order valence-corrected chi connectivity index (χ1v) is 39.8. The highest BCUT2D eigenvalue weighted by Crippen LogP contribution is 2.45. The smallest absolute Gasteiger partial charge is 0.462 e. The summed E-state index contributed by atoms with van der Waals surface area (Å²) in [5, 5.41) is 10.6. The van der Waals surface area contributed by atoms with Crippen molar-refractivity contribution in [1.29, 1.82) is 0 Å². The molecule has 0 radical (unpaired) electrons. The van der Waals surface area contributed by atoms with Gasteiger partial charge in [0.05, 0.1) is 26.4 Å². The van der Waals surface area contributed by atoms with Crippen LogP contribution in [0.4, 0.5) is 0 Å². The second-order valence-electron chi connectivity index (χ2n) is 27.1. The summed E-state index contributed by atoms with van der Waals surface area (Å²) in [4.78, 5) is 72.5. The van der Waals surface area contributed by atoms with Crippen LogP contribution < -0.4 is 0 Å². The number of aliphatic hydroxyl groups is 1. The molecule has 0 aromatic rings. The van der Waals surface area contributed by atoms with E-state index in [1.165, 1.54) is 148 Å². The molecule has 0 heterocycles. The number of ether oxygens (including phenoxy) is 4. The molecule has 0 saturated carbocycles. The molecule has 0 rings (SSSR count). The molecule has 0 bridgehead atoms. The number of aliphatic hydroxyl groups excluding tert-OH is 1. The van der Waals surface area contributed by atoms with Crippen molar-refractivity contribution in [3.05, 3.63) is 0 Å². The standard InChI is InChI=1S/C71H138O17P2/c1-9-63(7)49-41-33-23-19-15-13-11-12-14-16-21-25-35-43-51-68(73)81-57-66(87-70(75)53-45-37-26-22-18-17-20-24-34-42-50-64(8)10-2)59-85-89(77,78)83-55-65(72)56-84-90(79,80)86-60-67(88-71(76)54-46-38-30-28-32-40-48-62(5)6)58-82-69(74)52-44-36-29-27-31-39-47-61(3)4/h61-67,72H,9-60H2,1-8H3,(H,77,78)(H,79,80)/t63?,64?,65-,66-,67-/m1/s1. The van der Waals surface area contributed by atoms with Crippen LogP contribution in [0.1, 0.15) is 351 Å². The molecule has 0 aliphatic carbocycles. The summed E-state index contributed by atoms with van der Waals surface area (Å²) in [5.74, 6) is 0.868. The fourth-order valence-electron chi connectivity index (χ4n) is 10.6. The topological polar surface area (TPSA) is 237 Å². The zero-order valence-corrected chi connectivity index (χ0v) is 60.6. The molecule has 3 N–H and O–H groups in total. The number of phosphoric acid groups is 2. The number of unbranched alkanes of at least 4 members (excludes halogenated alkanes) is 32. The van der Waals surface area contributed by atoms with Crippen molar-refractivity contribution < 1.29 is 80.2 Å². The predicted molar refractivity (Wildman–Crippen MR) is 363 cm³/mol. The molecule has 7 atom stereocenters. The van der Waals surface area contributed by atoms with Crippen molar-refractivity contribution >= 4 is 39.5 Å². The number of esters is 4. The van der Waals surface area contributed by atoms with E-state index in [-0.39, 0.29) is 25.7 Å². The highest BCUT2D eigenvalue weighted by atomic mass is 31.2. The Morgan fingerprint density at radius 2 is 0.533 bits per heavy atom. The highest BCUT2D eigenvalue weighted by Gasteiger charge is 2.30. The average Bonchev–Trinajstić information content (AvgIpc) is 3.06. The van der Waals surface area contributed by atoms with E-state index in [0.717, 1.165) is 108 Å². The minimum Gasteiger partial charge on any atom is -0.462 e. The first kappa shape index (κ1) is 88.1. The normalized spacial score (nSPS) is 14.9. The second kappa shape index (κ2) is 60.7. The summed E-state index contributed by atoms with van der Waals surface area (Å²) in [6.07, 6.45) is 43.3. The zero-order valence-electron chi connectivity index (χ0n) is 58.8. The number of carbonyl (C=O) groups excluding carboxylic acids is 4. The van der Waals surface area contributed by atoms with Gasteiger partial charge in [0.25, 0.3) is 0 Å². The van der Waals surface area contributed by atoms with Gasteiger partial charge in [-0.2, -0.15) is 0 Å². The summed E-state index contributed by atoms with van der Waals surface area (Å²) in [5.41, 5.74) is 0. The van der Waals surface area contributed by atoms with Gasteiger partial charge in [-0.3, -0.25) is 37.3 Å². The van der Waals surface area contributed by atoms with Crippen LogP contribution in [0.5, 0.6) is 0 Å². The van der Waals surface area contributed by atoms with Crippen LogP contribution in [0.25, 0.3) is 0 Å². The third kappa shape index (κ3) is 62.2. The maximum atomic E-state index is 13.0. The van der Waals surface area contributed by atoms with Crippen molar-refractivity contribution in [3.63, 3.8) is 0 Å². The van der Waals surface area contributed by atoms with Gasteiger partial charge < -0.3 is 33.8 Å². The molecule has 19 heteroatoms. The molecule has 0 aromatic heterocycles. The zero-order chi connectivity index (χ0) is 66.8. The molecular formula is C71H138O17P2. The van der Waals surface area contributed by atoms with Crippen LogP contribution in [-0.4, -0.2) is 96.7 Å². The van der Waals surface area contributed by atoms with Gasteiger partial charge in [0.2, 0.25) is 0 Å². The third-order valence-corrected chi connectivity index (χ3v) is 18.9. The Kier molecular flexibility index (Phi) is 59.4. The summed E-state index contributed by atoms with van der Waals surface area (Å²) < 4.78 is 68.2. The molecule has 0 aliphatic rings. The van der Waals surface area contributed by atoms with Gasteiger partial charge >= 0.3 is 39.5 Å². The molecule has 17 nitrogen and oxygen atoms in total. The number of hydrogen-bond donors (Lipinski definition) is 3. The fourth-order valence-corrected chi connectivity index (χ4v) is 12.2. The molecule has 0 amide bonds. The lowest BCUT2D eigenvalue weighted by Gasteiger charge is -2.21. The first-order valence-electron chi connectivity index (χ1n) is 36.8. The Hall–Kier alpha value is -1.94. The molecular weight excluding hydrogens is 1190 g/mol. The Labute approximate surface area is 549 Å². The van der Waals surface area contributed by atoms with Crippen molar-refractivity contribution in [2.24, 2.45) is 23.7 Å². The predicted octanol–water partition coefficient (Wildman–Crippen LogP) is 20.1. The summed E-state index contributed by atoms with van der Waals surface area (Å²) in [6, 6.07) is 0. The molecule has 0 aromatic carbocycles. The van der Waals surface area contributed by atoms with Crippen molar-refractivity contribution in [1.82, 2.24) is 0 Å². The number of phosphoric ester groups is 2. The lowest BCUT2D eigenvalue weighted by Crippen LogP contribution is -2.30. The van der Waals surface area contributed by atoms with Crippen LogP contribution in [0.15, 0.2) is 0 Å². The quantitative estimate of drug-likeness (QED) is 0.0222. The van der Waals surface area contributed by atoms with Gasteiger partial charge in [-0.15, -0.1) is 0 Å². The molecule has 0 aliphatic heterocycles. The van der Waals surface area contributed by atoms with Gasteiger partial charge in [0.1, 0.15) is 19.3 Å². The highest BCUT2D eigenvalue weighted by molar-refractivity contribution is 7.47. The number of carbonyl (C=O) groups is 4.